The fraction of sp³-hybridized carbons (Fsp3) is 0.567. The second-order valence-corrected chi connectivity index (χ2v) is 12.9. The zero-order valence-corrected chi connectivity index (χ0v) is 22.8. The van der Waals surface area contributed by atoms with Crippen LogP contribution in [0.15, 0.2) is 54.6 Å². The highest BCUT2D eigenvalue weighted by atomic mass is 32.2. The smallest absolute Gasteiger partial charge is 0.247 e. The molecule has 3 amide bonds. The van der Waals surface area contributed by atoms with E-state index >= 15 is 0 Å². The van der Waals surface area contributed by atoms with Crippen LogP contribution in [-0.2, 0) is 20.9 Å². The molecule has 1 aromatic carbocycles. The van der Waals surface area contributed by atoms with Gasteiger partial charge in [-0.15, -0.1) is 11.8 Å². The van der Waals surface area contributed by atoms with Crippen LogP contribution in [0.4, 0.5) is 0 Å². The van der Waals surface area contributed by atoms with Crippen molar-refractivity contribution in [2.24, 2.45) is 11.8 Å². The Hall–Kier alpha value is -2.58. The number of carbonyl (C=O) groups excluding carboxylic acids is 3. The number of likely N-dealkylation sites (tertiary alicyclic amines) is 1. The Morgan fingerprint density at radius 3 is 2.50 bits per heavy atom. The van der Waals surface area contributed by atoms with Gasteiger partial charge in [0.1, 0.15) is 6.04 Å². The maximum absolute atomic E-state index is 14.4. The topological polar surface area (TPSA) is 81.2 Å². The molecule has 4 heterocycles. The first-order chi connectivity index (χ1) is 18.5. The number of nitrogens with zero attached hydrogens (tertiary/aromatic N) is 3. The SMILES string of the molecule is C[C@H](CO)N1C(=O)[C@@H]2[C@@H]3C(=O)N(Cc4ccccc4)CC=C[C@@H]3S[C@@]23C=CCN(C2CCCCC2)C(=O)C13. The van der Waals surface area contributed by atoms with Gasteiger partial charge in [-0.25, -0.2) is 0 Å². The van der Waals surface area contributed by atoms with Gasteiger partial charge in [0, 0.05) is 30.9 Å². The van der Waals surface area contributed by atoms with Crippen molar-refractivity contribution in [3.63, 3.8) is 0 Å². The van der Waals surface area contributed by atoms with E-state index in [-0.39, 0.29) is 35.6 Å². The molecule has 8 heteroatoms. The van der Waals surface area contributed by atoms with Crippen molar-refractivity contribution in [1.82, 2.24) is 14.7 Å². The van der Waals surface area contributed by atoms with Gasteiger partial charge in [0.25, 0.3) is 0 Å². The maximum atomic E-state index is 14.4. The number of benzene rings is 1. The molecule has 1 aromatic rings. The molecule has 1 spiro atoms. The molecule has 3 fully saturated rings. The average molecular weight is 536 g/mol. The minimum atomic E-state index is -0.827. The molecule has 6 atom stereocenters. The predicted molar refractivity (Wildman–Crippen MR) is 147 cm³/mol. The predicted octanol–water partition coefficient (Wildman–Crippen LogP) is 2.99. The van der Waals surface area contributed by atoms with Crippen molar-refractivity contribution in [2.45, 2.75) is 73.7 Å². The van der Waals surface area contributed by atoms with Crippen LogP contribution in [0.3, 0.4) is 0 Å². The molecule has 1 N–H and O–H groups in total. The van der Waals surface area contributed by atoms with Crippen molar-refractivity contribution in [1.29, 1.82) is 0 Å². The minimum absolute atomic E-state index is 0.0282. The van der Waals surface area contributed by atoms with E-state index in [1.807, 2.05) is 46.2 Å². The maximum Gasteiger partial charge on any atom is 0.247 e. The van der Waals surface area contributed by atoms with Gasteiger partial charge in [-0.2, -0.15) is 0 Å². The molecule has 38 heavy (non-hydrogen) atoms. The van der Waals surface area contributed by atoms with Crippen molar-refractivity contribution in [3.05, 3.63) is 60.2 Å². The van der Waals surface area contributed by atoms with Crippen LogP contribution >= 0.6 is 11.8 Å². The number of hydrogen-bond donors (Lipinski definition) is 1. The van der Waals surface area contributed by atoms with E-state index in [1.54, 1.807) is 23.6 Å². The second kappa shape index (κ2) is 10.2. The Morgan fingerprint density at radius 1 is 1.00 bits per heavy atom. The van der Waals surface area contributed by atoms with Crippen LogP contribution in [0.1, 0.15) is 44.6 Å². The summed E-state index contributed by atoms with van der Waals surface area (Å²) in [7, 11) is 0. The van der Waals surface area contributed by atoms with Gasteiger partial charge in [-0.1, -0.05) is 73.9 Å². The van der Waals surface area contributed by atoms with Gasteiger partial charge < -0.3 is 19.8 Å². The molecule has 1 unspecified atom stereocenters. The summed E-state index contributed by atoms with van der Waals surface area (Å²) < 4.78 is -0.827. The molecule has 0 aromatic heterocycles. The van der Waals surface area contributed by atoms with Gasteiger partial charge in [0.15, 0.2) is 0 Å². The van der Waals surface area contributed by atoms with Crippen LogP contribution in [0.5, 0.6) is 0 Å². The Kier molecular flexibility index (Phi) is 6.89. The first-order valence-corrected chi connectivity index (χ1v) is 14.9. The third-order valence-electron chi connectivity index (χ3n) is 9.18. The van der Waals surface area contributed by atoms with Gasteiger partial charge >= 0.3 is 0 Å². The van der Waals surface area contributed by atoms with Crippen LogP contribution in [0.25, 0.3) is 0 Å². The van der Waals surface area contributed by atoms with Crippen LogP contribution in [-0.4, -0.2) is 85.3 Å². The highest BCUT2D eigenvalue weighted by molar-refractivity contribution is 8.02. The summed E-state index contributed by atoms with van der Waals surface area (Å²) in [5.74, 6) is -1.43. The van der Waals surface area contributed by atoms with E-state index in [2.05, 4.69) is 18.2 Å². The Balaban J connectivity index is 1.38. The molecule has 6 rings (SSSR count). The highest BCUT2D eigenvalue weighted by Gasteiger charge is 2.71. The lowest BCUT2D eigenvalue weighted by Crippen LogP contribution is -2.57. The number of thioether (sulfide) groups is 1. The van der Waals surface area contributed by atoms with Gasteiger partial charge in [0.2, 0.25) is 17.7 Å². The highest BCUT2D eigenvalue weighted by Crippen LogP contribution is 2.61. The van der Waals surface area contributed by atoms with Gasteiger partial charge in [0.05, 0.1) is 29.2 Å². The third kappa shape index (κ3) is 4.02. The quantitative estimate of drug-likeness (QED) is 0.587. The van der Waals surface area contributed by atoms with E-state index in [1.165, 1.54) is 6.42 Å². The first-order valence-electron chi connectivity index (χ1n) is 14.0. The van der Waals surface area contributed by atoms with E-state index in [0.29, 0.717) is 19.6 Å². The van der Waals surface area contributed by atoms with Gasteiger partial charge in [-0.3, -0.25) is 14.4 Å². The summed E-state index contributed by atoms with van der Waals surface area (Å²) in [4.78, 5) is 48.3. The molecule has 4 aliphatic heterocycles. The lowest BCUT2D eigenvalue weighted by Gasteiger charge is -2.40. The fourth-order valence-electron chi connectivity index (χ4n) is 7.38. The first kappa shape index (κ1) is 25.7. The number of carbonyl (C=O) groups is 3. The molecule has 7 nitrogen and oxygen atoms in total. The summed E-state index contributed by atoms with van der Waals surface area (Å²) in [5.41, 5.74) is 1.05. The molecule has 1 aliphatic carbocycles. The molecule has 5 aliphatic rings. The van der Waals surface area contributed by atoms with E-state index in [9.17, 15) is 19.5 Å². The summed E-state index contributed by atoms with van der Waals surface area (Å²) in [6, 6.07) is 8.87. The molecule has 2 saturated heterocycles. The van der Waals surface area contributed by atoms with Crippen LogP contribution in [0, 0.1) is 11.8 Å². The average Bonchev–Trinajstić information content (AvgIpc) is 3.27. The number of fused-ring (bicyclic) bond motifs is 2. The Labute approximate surface area is 228 Å². The summed E-state index contributed by atoms with van der Waals surface area (Å²) >= 11 is 1.61. The zero-order valence-electron chi connectivity index (χ0n) is 21.9. The van der Waals surface area contributed by atoms with E-state index in [4.69, 9.17) is 0 Å². The van der Waals surface area contributed by atoms with Crippen LogP contribution in [0.2, 0.25) is 0 Å². The summed E-state index contributed by atoms with van der Waals surface area (Å²) in [6.07, 6.45) is 13.7. The monoisotopic (exact) mass is 535 g/mol. The third-order valence-corrected chi connectivity index (χ3v) is 10.9. The normalized spacial score (nSPS) is 34.2. The van der Waals surface area contributed by atoms with E-state index < -0.39 is 28.7 Å². The Morgan fingerprint density at radius 2 is 1.76 bits per heavy atom. The summed E-state index contributed by atoms with van der Waals surface area (Å²) in [5, 5.41) is 9.97. The minimum Gasteiger partial charge on any atom is -0.394 e. The molecule has 0 radical (unpaired) electrons. The number of hydrogen-bond acceptors (Lipinski definition) is 5. The molecular weight excluding hydrogens is 498 g/mol. The molecule has 202 valence electrons. The number of rotatable bonds is 5. The van der Waals surface area contributed by atoms with E-state index in [0.717, 1.165) is 31.2 Å². The standard InChI is InChI=1S/C30H37N3O4S/c1-20(19-34)33-26-29(37)32(22-12-6-3-7-13-22)17-9-15-30(26)25(28(33)36)24-23(38-30)14-8-16-31(27(24)35)18-21-10-4-2-5-11-21/h2,4-5,8-11,14-15,20,22-26,34H,3,6-7,12-13,16-19H2,1H3/t20-,23+,24-,25+,26?,30+/m1/s1. The number of aliphatic hydroxyl groups is 1. The van der Waals surface area contributed by atoms with Crippen molar-refractivity contribution >= 4 is 29.5 Å². The van der Waals surface area contributed by atoms with Crippen molar-refractivity contribution < 1.29 is 19.5 Å². The molecule has 0 bridgehead atoms. The number of aliphatic hydroxyl groups excluding tert-OH is 1. The molecular formula is C30H37N3O4S. The van der Waals surface area contributed by atoms with Crippen molar-refractivity contribution in [2.75, 3.05) is 19.7 Å². The van der Waals surface area contributed by atoms with Gasteiger partial charge in [-0.05, 0) is 25.3 Å². The largest absolute Gasteiger partial charge is 0.394 e. The fourth-order valence-corrected chi connectivity index (χ4v) is 9.37. The Bertz CT molecular complexity index is 1150. The zero-order chi connectivity index (χ0) is 26.4. The molecule has 1 saturated carbocycles. The second-order valence-electron chi connectivity index (χ2n) is 11.4. The van der Waals surface area contributed by atoms with Crippen molar-refractivity contribution in [3.8, 4) is 0 Å². The summed E-state index contributed by atoms with van der Waals surface area (Å²) in [6.45, 7) is 3.09. The van der Waals surface area contributed by atoms with Crippen LogP contribution < -0.4 is 0 Å². The number of amides is 3. The lowest BCUT2D eigenvalue weighted by atomic mass is 9.78. The lowest BCUT2D eigenvalue weighted by molar-refractivity contribution is -0.147.